The monoisotopic (exact) mass is 281 g/mol. The molecule has 1 heterocycles. The van der Waals surface area contributed by atoms with Gasteiger partial charge in [-0.1, -0.05) is 27.7 Å². The third-order valence-electron chi connectivity index (χ3n) is 5.71. The van der Waals surface area contributed by atoms with Crippen LogP contribution in [0.15, 0.2) is 0 Å². The number of rotatable bonds is 5. The van der Waals surface area contributed by atoms with Gasteiger partial charge in [0.25, 0.3) is 0 Å². The summed E-state index contributed by atoms with van der Waals surface area (Å²) in [5, 5.41) is 3.63. The van der Waals surface area contributed by atoms with Crippen molar-refractivity contribution in [3.63, 3.8) is 0 Å². The molecule has 0 aromatic heterocycles. The molecule has 1 atom stereocenters. The molecular formula is C18H35NO. The minimum atomic E-state index is 0.480. The van der Waals surface area contributed by atoms with Crippen molar-refractivity contribution in [3.8, 4) is 0 Å². The Kier molecular flexibility index (Phi) is 5.53. The Morgan fingerprint density at radius 2 is 1.85 bits per heavy atom. The van der Waals surface area contributed by atoms with Gasteiger partial charge >= 0.3 is 0 Å². The van der Waals surface area contributed by atoms with E-state index in [1.807, 2.05) is 0 Å². The lowest BCUT2D eigenvalue weighted by atomic mass is 9.62. The second kappa shape index (κ2) is 6.79. The second-order valence-corrected chi connectivity index (χ2v) is 8.26. The average molecular weight is 281 g/mol. The summed E-state index contributed by atoms with van der Waals surface area (Å²) in [5.41, 5.74) is 0.987. The number of nitrogens with one attached hydrogen (secondary N) is 1. The maximum atomic E-state index is 5.93. The molecule has 0 radical (unpaired) electrons. The first-order chi connectivity index (χ1) is 9.45. The molecule has 1 saturated heterocycles. The predicted molar refractivity (Wildman–Crippen MR) is 86.0 cm³/mol. The van der Waals surface area contributed by atoms with Gasteiger partial charge in [0, 0.05) is 13.2 Å². The Morgan fingerprint density at radius 3 is 2.35 bits per heavy atom. The number of hydrogen-bond acceptors (Lipinski definition) is 2. The topological polar surface area (TPSA) is 21.3 Å². The van der Waals surface area contributed by atoms with Gasteiger partial charge in [-0.25, -0.2) is 0 Å². The van der Waals surface area contributed by atoms with Crippen LogP contribution in [0, 0.1) is 16.7 Å². The minimum Gasteiger partial charge on any atom is -0.378 e. The molecule has 2 fully saturated rings. The summed E-state index contributed by atoms with van der Waals surface area (Å²) in [4.78, 5) is 0. The van der Waals surface area contributed by atoms with Crippen LogP contribution in [0.1, 0.15) is 72.6 Å². The summed E-state index contributed by atoms with van der Waals surface area (Å²) < 4.78 is 5.93. The molecule has 1 saturated carbocycles. The summed E-state index contributed by atoms with van der Waals surface area (Å²) in [6.07, 6.45) is 9.98. The molecule has 1 unspecified atom stereocenters. The van der Waals surface area contributed by atoms with Crippen molar-refractivity contribution in [2.24, 2.45) is 16.7 Å². The molecule has 2 heteroatoms. The maximum Gasteiger partial charge on any atom is 0.0581 e. The highest BCUT2D eigenvalue weighted by molar-refractivity contribution is 4.92. The van der Waals surface area contributed by atoms with Crippen LogP contribution in [0.25, 0.3) is 0 Å². The van der Waals surface area contributed by atoms with E-state index in [1.54, 1.807) is 0 Å². The molecule has 0 bridgehead atoms. The molecule has 2 aliphatic rings. The van der Waals surface area contributed by atoms with Crippen LogP contribution in [0.5, 0.6) is 0 Å². The zero-order valence-corrected chi connectivity index (χ0v) is 14.1. The van der Waals surface area contributed by atoms with Crippen LogP contribution in [-0.4, -0.2) is 25.8 Å². The van der Waals surface area contributed by atoms with Crippen molar-refractivity contribution in [1.29, 1.82) is 0 Å². The Bertz CT molecular complexity index is 280. The van der Waals surface area contributed by atoms with E-state index in [4.69, 9.17) is 4.74 Å². The molecule has 1 N–H and O–H groups in total. The van der Waals surface area contributed by atoms with Gasteiger partial charge < -0.3 is 10.1 Å². The number of ether oxygens (including phenoxy) is 1. The molecule has 1 aliphatic heterocycles. The number of hydrogen-bond donors (Lipinski definition) is 1. The summed E-state index contributed by atoms with van der Waals surface area (Å²) in [7, 11) is 0. The van der Waals surface area contributed by atoms with Gasteiger partial charge in [-0.05, 0) is 68.2 Å². The fraction of sp³-hybridized carbons (Fsp3) is 1.00. The quantitative estimate of drug-likeness (QED) is 0.807. The van der Waals surface area contributed by atoms with E-state index in [0.29, 0.717) is 16.9 Å². The van der Waals surface area contributed by atoms with E-state index in [-0.39, 0.29) is 0 Å². The zero-order valence-electron chi connectivity index (χ0n) is 14.1. The third-order valence-corrected chi connectivity index (χ3v) is 5.71. The van der Waals surface area contributed by atoms with Crippen molar-refractivity contribution in [2.75, 3.05) is 19.7 Å². The normalized spacial score (nSPS) is 35.4. The molecule has 118 valence electrons. The SMILES string of the molecule is CCNCC1(CC2CCCO2)CCC(C(C)(C)C)CC1. The first kappa shape index (κ1) is 16.3. The molecule has 2 rings (SSSR count). The van der Waals surface area contributed by atoms with Crippen molar-refractivity contribution in [3.05, 3.63) is 0 Å². The minimum absolute atomic E-state index is 0.480. The fourth-order valence-electron chi connectivity index (χ4n) is 4.23. The van der Waals surface area contributed by atoms with Gasteiger partial charge in [0.1, 0.15) is 0 Å². The van der Waals surface area contributed by atoms with E-state index in [0.717, 1.165) is 19.1 Å². The van der Waals surface area contributed by atoms with Crippen LogP contribution in [0.3, 0.4) is 0 Å². The molecular weight excluding hydrogens is 246 g/mol. The van der Waals surface area contributed by atoms with Gasteiger partial charge in [0.05, 0.1) is 6.10 Å². The largest absolute Gasteiger partial charge is 0.378 e. The van der Waals surface area contributed by atoms with E-state index >= 15 is 0 Å². The van der Waals surface area contributed by atoms with Gasteiger partial charge in [0.15, 0.2) is 0 Å². The van der Waals surface area contributed by atoms with Crippen LogP contribution in [0.4, 0.5) is 0 Å². The van der Waals surface area contributed by atoms with Crippen LogP contribution >= 0.6 is 0 Å². The van der Waals surface area contributed by atoms with Crippen LogP contribution < -0.4 is 5.32 Å². The van der Waals surface area contributed by atoms with Crippen molar-refractivity contribution in [2.45, 2.75) is 78.7 Å². The smallest absolute Gasteiger partial charge is 0.0581 e. The van der Waals surface area contributed by atoms with Crippen LogP contribution in [-0.2, 0) is 4.74 Å². The third kappa shape index (κ3) is 4.21. The van der Waals surface area contributed by atoms with Gasteiger partial charge in [-0.2, -0.15) is 0 Å². The molecule has 1 aliphatic carbocycles. The van der Waals surface area contributed by atoms with Crippen LogP contribution in [0.2, 0.25) is 0 Å². The molecule has 0 spiro atoms. The molecule has 0 aromatic carbocycles. The standard InChI is InChI=1S/C18H35NO/c1-5-19-14-18(13-16-7-6-12-20-16)10-8-15(9-11-18)17(2,3)4/h15-16,19H,5-14H2,1-4H3. The van der Waals surface area contributed by atoms with Crippen molar-refractivity contribution >= 4 is 0 Å². The van der Waals surface area contributed by atoms with E-state index < -0.39 is 0 Å². The summed E-state index contributed by atoms with van der Waals surface area (Å²) >= 11 is 0. The molecule has 0 amide bonds. The predicted octanol–water partition coefficient (Wildman–Crippen LogP) is 4.39. The van der Waals surface area contributed by atoms with E-state index in [9.17, 15) is 0 Å². The van der Waals surface area contributed by atoms with Crippen molar-refractivity contribution in [1.82, 2.24) is 5.32 Å². The van der Waals surface area contributed by atoms with Crippen molar-refractivity contribution < 1.29 is 4.74 Å². The lowest BCUT2D eigenvalue weighted by Gasteiger charge is -2.45. The summed E-state index contributed by atoms with van der Waals surface area (Å²) in [6, 6.07) is 0. The summed E-state index contributed by atoms with van der Waals surface area (Å²) in [5.74, 6) is 0.904. The lowest BCUT2D eigenvalue weighted by Crippen LogP contribution is -2.41. The van der Waals surface area contributed by atoms with E-state index in [1.165, 1.54) is 51.5 Å². The molecule has 2 nitrogen and oxygen atoms in total. The highest BCUT2D eigenvalue weighted by Gasteiger charge is 2.40. The van der Waals surface area contributed by atoms with Gasteiger partial charge in [0.2, 0.25) is 0 Å². The van der Waals surface area contributed by atoms with E-state index in [2.05, 4.69) is 33.0 Å². The average Bonchev–Trinajstić information content (AvgIpc) is 2.89. The Hall–Kier alpha value is -0.0800. The maximum absolute atomic E-state index is 5.93. The lowest BCUT2D eigenvalue weighted by molar-refractivity contribution is 0.0206. The second-order valence-electron chi connectivity index (χ2n) is 8.26. The first-order valence-corrected chi connectivity index (χ1v) is 8.77. The fourth-order valence-corrected chi connectivity index (χ4v) is 4.23. The summed E-state index contributed by atoms with van der Waals surface area (Å²) in [6.45, 7) is 12.7. The Labute approximate surface area is 126 Å². The molecule has 0 aromatic rings. The molecule has 20 heavy (non-hydrogen) atoms. The highest BCUT2D eigenvalue weighted by atomic mass is 16.5. The van der Waals surface area contributed by atoms with Gasteiger partial charge in [-0.15, -0.1) is 0 Å². The van der Waals surface area contributed by atoms with Gasteiger partial charge in [-0.3, -0.25) is 0 Å². The Morgan fingerprint density at radius 1 is 1.15 bits per heavy atom. The Balaban J connectivity index is 1.94. The highest BCUT2D eigenvalue weighted by Crippen LogP contribution is 2.48. The zero-order chi connectivity index (χ0) is 14.6. The first-order valence-electron chi connectivity index (χ1n) is 8.77.